The lowest BCUT2D eigenvalue weighted by atomic mass is 10.1. The standard InChI is InChI=1S/C17H18ClNOS/c18-16-9-5-4-6-14(16)10-11-17(20)19-12-13-21-15-7-2-1-3-8-15/h1-9H,10-13H2,(H,19,20). The van der Waals surface area contributed by atoms with E-state index in [0.717, 1.165) is 16.3 Å². The topological polar surface area (TPSA) is 29.1 Å². The molecule has 2 nitrogen and oxygen atoms in total. The second kappa shape index (κ2) is 8.75. The molecule has 2 rings (SSSR count). The van der Waals surface area contributed by atoms with Crippen molar-refractivity contribution in [2.45, 2.75) is 17.7 Å². The average Bonchev–Trinajstić information content (AvgIpc) is 2.52. The maximum Gasteiger partial charge on any atom is 0.220 e. The molecule has 0 heterocycles. The number of rotatable bonds is 7. The van der Waals surface area contributed by atoms with Crippen LogP contribution < -0.4 is 5.32 Å². The van der Waals surface area contributed by atoms with E-state index in [1.165, 1.54) is 4.90 Å². The number of hydrogen-bond donors (Lipinski definition) is 1. The molecule has 0 aromatic heterocycles. The Bertz CT molecular complexity index is 574. The van der Waals surface area contributed by atoms with Gasteiger partial charge in [-0.2, -0.15) is 0 Å². The second-order valence-corrected chi connectivity index (χ2v) is 6.18. The van der Waals surface area contributed by atoms with Crippen molar-refractivity contribution in [1.29, 1.82) is 0 Å². The van der Waals surface area contributed by atoms with Crippen LogP contribution in [0.5, 0.6) is 0 Å². The summed E-state index contributed by atoms with van der Waals surface area (Å²) in [5.74, 6) is 0.950. The predicted octanol–water partition coefficient (Wildman–Crippen LogP) is 4.18. The van der Waals surface area contributed by atoms with Crippen LogP contribution in [-0.4, -0.2) is 18.2 Å². The van der Waals surface area contributed by atoms with E-state index >= 15 is 0 Å². The van der Waals surface area contributed by atoms with E-state index in [0.29, 0.717) is 19.4 Å². The van der Waals surface area contributed by atoms with E-state index in [2.05, 4.69) is 17.4 Å². The summed E-state index contributed by atoms with van der Waals surface area (Å²) < 4.78 is 0. The molecule has 2 aromatic rings. The van der Waals surface area contributed by atoms with Crippen molar-refractivity contribution in [3.63, 3.8) is 0 Å². The van der Waals surface area contributed by atoms with Gasteiger partial charge in [0.1, 0.15) is 0 Å². The Balaban J connectivity index is 1.63. The maximum atomic E-state index is 11.8. The molecule has 0 unspecified atom stereocenters. The summed E-state index contributed by atoms with van der Waals surface area (Å²) in [4.78, 5) is 13.0. The molecule has 4 heteroatoms. The van der Waals surface area contributed by atoms with Gasteiger partial charge in [0.05, 0.1) is 0 Å². The van der Waals surface area contributed by atoms with Gasteiger partial charge in [0, 0.05) is 28.6 Å². The number of aryl methyl sites for hydroxylation is 1. The monoisotopic (exact) mass is 319 g/mol. The van der Waals surface area contributed by atoms with Crippen LogP contribution in [0.2, 0.25) is 5.02 Å². The summed E-state index contributed by atoms with van der Waals surface area (Å²) in [7, 11) is 0. The first-order chi connectivity index (χ1) is 10.3. The molecule has 0 saturated carbocycles. The van der Waals surface area contributed by atoms with E-state index in [4.69, 9.17) is 11.6 Å². The molecule has 0 radical (unpaired) electrons. The zero-order valence-electron chi connectivity index (χ0n) is 11.7. The van der Waals surface area contributed by atoms with Gasteiger partial charge in [-0.15, -0.1) is 11.8 Å². The number of thioether (sulfide) groups is 1. The van der Waals surface area contributed by atoms with Gasteiger partial charge in [0.2, 0.25) is 5.91 Å². The van der Waals surface area contributed by atoms with Crippen molar-refractivity contribution in [2.75, 3.05) is 12.3 Å². The van der Waals surface area contributed by atoms with Crippen molar-refractivity contribution < 1.29 is 4.79 Å². The fourth-order valence-electron chi connectivity index (χ4n) is 1.91. The first-order valence-corrected chi connectivity index (χ1v) is 8.30. The lowest BCUT2D eigenvalue weighted by molar-refractivity contribution is -0.120. The van der Waals surface area contributed by atoms with Crippen molar-refractivity contribution >= 4 is 29.3 Å². The molecule has 1 amide bonds. The smallest absolute Gasteiger partial charge is 0.220 e. The summed E-state index contributed by atoms with van der Waals surface area (Å²) in [5.41, 5.74) is 1.02. The van der Waals surface area contributed by atoms with E-state index in [-0.39, 0.29) is 5.91 Å². The van der Waals surface area contributed by atoms with Gasteiger partial charge in [-0.1, -0.05) is 48.0 Å². The van der Waals surface area contributed by atoms with Crippen molar-refractivity contribution in [3.05, 3.63) is 65.2 Å². The van der Waals surface area contributed by atoms with Crippen LogP contribution in [-0.2, 0) is 11.2 Å². The fourth-order valence-corrected chi connectivity index (χ4v) is 2.93. The highest BCUT2D eigenvalue weighted by atomic mass is 35.5. The number of hydrogen-bond acceptors (Lipinski definition) is 2. The van der Waals surface area contributed by atoms with Crippen LogP contribution in [0.15, 0.2) is 59.5 Å². The highest BCUT2D eigenvalue weighted by Crippen LogP contribution is 2.17. The lowest BCUT2D eigenvalue weighted by Gasteiger charge is -2.06. The number of benzene rings is 2. The first-order valence-electron chi connectivity index (χ1n) is 6.93. The average molecular weight is 320 g/mol. The van der Waals surface area contributed by atoms with Crippen molar-refractivity contribution in [2.24, 2.45) is 0 Å². The van der Waals surface area contributed by atoms with Gasteiger partial charge in [0.25, 0.3) is 0 Å². The molecule has 0 saturated heterocycles. The van der Waals surface area contributed by atoms with E-state index in [1.807, 2.05) is 42.5 Å². The molecule has 21 heavy (non-hydrogen) atoms. The predicted molar refractivity (Wildman–Crippen MR) is 89.9 cm³/mol. The zero-order chi connectivity index (χ0) is 14.9. The molecule has 0 atom stereocenters. The molecule has 0 bridgehead atoms. The van der Waals surface area contributed by atoms with Crippen LogP contribution in [0, 0.1) is 0 Å². The van der Waals surface area contributed by atoms with Gasteiger partial charge < -0.3 is 5.32 Å². The summed E-state index contributed by atoms with van der Waals surface area (Å²) in [6, 6.07) is 17.8. The van der Waals surface area contributed by atoms with Gasteiger partial charge in [0.15, 0.2) is 0 Å². The zero-order valence-corrected chi connectivity index (χ0v) is 13.3. The highest BCUT2D eigenvalue weighted by molar-refractivity contribution is 7.99. The number of carbonyl (C=O) groups is 1. The van der Waals surface area contributed by atoms with Gasteiger partial charge in [-0.05, 0) is 30.2 Å². The van der Waals surface area contributed by atoms with Crippen LogP contribution in [0.25, 0.3) is 0 Å². The van der Waals surface area contributed by atoms with Crippen LogP contribution in [0.4, 0.5) is 0 Å². The van der Waals surface area contributed by atoms with Crippen molar-refractivity contribution in [1.82, 2.24) is 5.32 Å². The summed E-state index contributed by atoms with van der Waals surface area (Å²) in [6.07, 6.45) is 1.15. The highest BCUT2D eigenvalue weighted by Gasteiger charge is 2.04. The third-order valence-electron chi connectivity index (χ3n) is 3.02. The Hall–Kier alpha value is -1.45. The largest absolute Gasteiger partial charge is 0.355 e. The Kier molecular flexibility index (Phi) is 6.64. The molecule has 110 valence electrons. The van der Waals surface area contributed by atoms with Gasteiger partial charge in [-0.3, -0.25) is 4.79 Å². The number of nitrogens with one attached hydrogen (secondary N) is 1. The Labute approximate surface area is 134 Å². The van der Waals surface area contributed by atoms with Gasteiger partial charge in [-0.25, -0.2) is 0 Å². The van der Waals surface area contributed by atoms with E-state index < -0.39 is 0 Å². The minimum Gasteiger partial charge on any atom is -0.355 e. The summed E-state index contributed by atoms with van der Waals surface area (Å²) in [6.45, 7) is 0.681. The molecule has 1 N–H and O–H groups in total. The Morgan fingerprint density at radius 2 is 1.76 bits per heavy atom. The molecule has 0 aliphatic rings. The van der Waals surface area contributed by atoms with Crippen molar-refractivity contribution in [3.8, 4) is 0 Å². The molecular formula is C17H18ClNOS. The van der Waals surface area contributed by atoms with Gasteiger partial charge >= 0.3 is 0 Å². The summed E-state index contributed by atoms with van der Waals surface area (Å²) in [5, 5.41) is 3.67. The second-order valence-electron chi connectivity index (χ2n) is 4.60. The molecule has 0 fully saturated rings. The van der Waals surface area contributed by atoms with Crippen LogP contribution >= 0.6 is 23.4 Å². The Morgan fingerprint density at radius 3 is 2.52 bits per heavy atom. The Morgan fingerprint density at radius 1 is 1.05 bits per heavy atom. The van der Waals surface area contributed by atoms with E-state index in [9.17, 15) is 4.79 Å². The SMILES string of the molecule is O=C(CCc1ccccc1Cl)NCCSc1ccccc1. The molecular weight excluding hydrogens is 302 g/mol. The molecule has 0 aliphatic carbocycles. The number of carbonyl (C=O) groups excluding carboxylic acids is 1. The molecule has 0 aliphatic heterocycles. The third kappa shape index (κ3) is 5.82. The minimum atomic E-state index is 0.0728. The van der Waals surface area contributed by atoms with Crippen LogP contribution in [0.3, 0.4) is 0 Å². The van der Waals surface area contributed by atoms with Crippen LogP contribution in [0.1, 0.15) is 12.0 Å². The lowest BCUT2D eigenvalue weighted by Crippen LogP contribution is -2.25. The maximum absolute atomic E-state index is 11.8. The number of amides is 1. The molecule has 2 aromatic carbocycles. The first kappa shape index (κ1) is 15.9. The minimum absolute atomic E-state index is 0.0728. The quantitative estimate of drug-likeness (QED) is 0.612. The fraction of sp³-hybridized carbons (Fsp3) is 0.235. The summed E-state index contributed by atoms with van der Waals surface area (Å²) >= 11 is 7.81. The number of halogens is 1. The van der Waals surface area contributed by atoms with E-state index in [1.54, 1.807) is 11.8 Å². The third-order valence-corrected chi connectivity index (χ3v) is 4.40. The molecule has 0 spiro atoms. The normalized spacial score (nSPS) is 10.3.